The lowest BCUT2D eigenvalue weighted by Crippen LogP contribution is -2.13. The van der Waals surface area contributed by atoms with E-state index < -0.39 is 17.7 Å². The summed E-state index contributed by atoms with van der Waals surface area (Å²) in [5.74, 6) is -0.611. The van der Waals surface area contributed by atoms with Gasteiger partial charge in [0.2, 0.25) is 0 Å². The molecule has 0 atom stereocenters. The molecule has 0 unspecified atom stereocenters. The molecule has 3 rings (SSSR count). The van der Waals surface area contributed by atoms with Crippen LogP contribution < -0.4 is 10.5 Å². The van der Waals surface area contributed by atoms with Crippen molar-refractivity contribution in [3.05, 3.63) is 69.5 Å². The number of rotatable bonds is 4. The van der Waals surface area contributed by atoms with Gasteiger partial charge in [-0.3, -0.25) is 0 Å². The number of nitriles is 1. The largest absolute Gasteiger partial charge is 0.464 e. The first-order valence-corrected chi connectivity index (χ1v) is 9.51. The Bertz CT molecular complexity index is 1240. The molecule has 2 aromatic carbocycles. The van der Waals surface area contributed by atoms with Crippen LogP contribution >= 0.6 is 11.6 Å². The van der Waals surface area contributed by atoms with Crippen molar-refractivity contribution in [1.82, 2.24) is 4.57 Å². The third-order valence-electron chi connectivity index (χ3n) is 4.73. The number of carbonyl (C=O) groups is 1. The van der Waals surface area contributed by atoms with Gasteiger partial charge < -0.3 is 19.8 Å². The van der Waals surface area contributed by atoms with Gasteiger partial charge in [-0.05, 0) is 55.3 Å². The second-order valence-corrected chi connectivity index (χ2v) is 7.31. The van der Waals surface area contributed by atoms with Crippen LogP contribution in [-0.2, 0) is 10.9 Å². The minimum Gasteiger partial charge on any atom is -0.464 e. The van der Waals surface area contributed by atoms with Crippen LogP contribution in [0.4, 0.5) is 18.9 Å². The molecule has 0 amide bonds. The topological polar surface area (TPSA) is 90.3 Å². The first-order chi connectivity index (χ1) is 15.0. The highest BCUT2D eigenvalue weighted by molar-refractivity contribution is 6.32. The van der Waals surface area contributed by atoms with E-state index in [4.69, 9.17) is 26.8 Å². The van der Waals surface area contributed by atoms with Gasteiger partial charge in [-0.2, -0.15) is 18.4 Å². The van der Waals surface area contributed by atoms with E-state index in [1.54, 1.807) is 26.0 Å². The highest BCUT2D eigenvalue weighted by Crippen LogP contribution is 2.38. The van der Waals surface area contributed by atoms with Crippen LogP contribution in [0.25, 0.3) is 5.69 Å². The van der Waals surface area contributed by atoms with Crippen molar-refractivity contribution in [3.8, 4) is 23.3 Å². The van der Waals surface area contributed by atoms with Crippen molar-refractivity contribution in [2.24, 2.45) is 0 Å². The van der Waals surface area contributed by atoms with Crippen LogP contribution in [0.2, 0.25) is 5.02 Å². The Hall–Kier alpha value is -3.64. The molecule has 2 N–H and O–H groups in total. The molecule has 166 valence electrons. The molecule has 10 heteroatoms. The van der Waals surface area contributed by atoms with Crippen molar-refractivity contribution in [2.45, 2.75) is 20.0 Å². The maximum absolute atomic E-state index is 13.4. The first kappa shape index (κ1) is 23.0. The molecule has 1 aromatic heterocycles. The van der Waals surface area contributed by atoms with Gasteiger partial charge in [-0.15, -0.1) is 0 Å². The van der Waals surface area contributed by atoms with Gasteiger partial charge in [0.25, 0.3) is 0 Å². The third kappa shape index (κ3) is 4.22. The van der Waals surface area contributed by atoms with E-state index in [0.717, 1.165) is 36.1 Å². The molecule has 0 radical (unpaired) electrons. The minimum absolute atomic E-state index is 0.0104. The van der Waals surface area contributed by atoms with E-state index in [2.05, 4.69) is 0 Å². The standard InChI is InChI=1S/C22H17ClF3N3O3/c1-11-6-15(7-12(2)18(11)23)32-17-5-4-14(22(24,25)26)8-16(17)29-10-13(9-27)19(28)20(29)21(30)31-3/h4-8,10H,28H2,1-3H3. The number of aryl methyl sites for hydroxylation is 2. The normalized spacial score (nSPS) is 11.2. The second-order valence-electron chi connectivity index (χ2n) is 6.93. The average molecular weight is 464 g/mol. The molecule has 0 fully saturated rings. The number of benzene rings is 2. The zero-order valence-corrected chi connectivity index (χ0v) is 17.9. The Morgan fingerprint density at radius 2 is 1.81 bits per heavy atom. The van der Waals surface area contributed by atoms with Crippen LogP contribution in [-0.4, -0.2) is 17.6 Å². The molecule has 0 aliphatic carbocycles. The predicted octanol–water partition coefficient (Wildman–Crippen LogP) is 5.80. The number of methoxy groups -OCH3 is 1. The van der Waals surface area contributed by atoms with Gasteiger partial charge >= 0.3 is 12.1 Å². The van der Waals surface area contributed by atoms with Crippen LogP contribution in [0.1, 0.15) is 32.7 Å². The fourth-order valence-electron chi connectivity index (χ4n) is 3.16. The smallest absolute Gasteiger partial charge is 0.416 e. The van der Waals surface area contributed by atoms with E-state index in [1.807, 2.05) is 6.07 Å². The first-order valence-electron chi connectivity index (χ1n) is 9.13. The van der Waals surface area contributed by atoms with Gasteiger partial charge in [0.15, 0.2) is 11.4 Å². The Labute approximate surface area is 186 Å². The van der Waals surface area contributed by atoms with Crippen molar-refractivity contribution in [3.63, 3.8) is 0 Å². The number of ether oxygens (including phenoxy) is 2. The number of nitrogens with two attached hydrogens (primary N) is 1. The summed E-state index contributed by atoms with van der Waals surface area (Å²) in [5.41, 5.74) is 5.55. The van der Waals surface area contributed by atoms with Gasteiger partial charge in [-0.1, -0.05) is 11.6 Å². The molecular weight excluding hydrogens is 447 g/mol. The van der Waals surface area contributed by atoms with Gasteiger partial charge in [0, 0.05) is 11.2 Å². The second kappa shape index (κ2) is 8.48. The summed E-state index contributed by atoms with van der Waals surface area (Å²) in [6, 6.07) is 7.84. The molecule has 0 spiro atoms. The monoisotopic (exact) mass is 463 g/mol. The van der Waals surface area contributed by atoms with Gasteiger partial charge in [0.1, 0.15) is 11.8 Å². The molecule has 3 aromatic rings. The number of carbonyl (C=O) groups excluding carboxylic acids is 1. The Kier molecular flexibility index (Phi) is 6.10. The van der Waals surface area contributed by atoms with Crippen molar-refractivity contribution in [2.75, 3.05) is 12.8 Å². The number of alkyl halides is 3. The highest BCUT2D eigenvalue weighted by Gasteiger charge is 2.32. The lowest BCUT2D eigenvalue weighted by atomic mass is 10.1. The van der Waals surface area contributed by atoms with Gasteiger partial charge in [0.05, 0.1) is 29.6 Å². The molecule has 6 nitrogen and oxygen atoms in total. The average Bonchev–Trinajstić information content (AvgIpc) is 3.07. The summed E-state index contributed by atoms with van der Waals surface area (Å²) >= 11 is 6.18. The number of anilines is 1. The molecular formula is C22H17ClF3N3O3. The highest BCUT2D eigenvalue weighted by atomic mass is 35.5. The molecule has 0 saturated carbocycles. The number of esters is 1. The Morgan fingerprint density at radius 3 is 2.34 bits per heavy atom. The summed E-state index contributed by atoms with van der Waals surface area (Å²) in [6.07, 6.45) is -3.51. The lowest BCUT2D eigenvalue weighted by molar-refractivity contribution is -0.137. The van der Waals surface area contributed by atoms with E-state index in [0.29, 0.717) is 21.9 Å². The van der Waals surface area contributed by atoms with Crippen molar-refractivity contribution >= 4 is 23.3 Å². The molecule has 0 aliphatic rings. The maximum atomic E-state index is 13.4. The maximum Gasteiger partial charge on any atom is 0.416 e. The Balaban J connectivity index is 2.27. The summed E-state index contributed by atoms with van der Waals surface area (Å²) in [7, 11) is 1.09. The number of aromatic nitrogens is 1. The van der Waals surface area contributed by atoms with Gasteiger partial charge in [-0.25, -0.2) is 4.79 Å². The third-order valence-corrected chi connectivity index (χ3v) is 5.32. The van der Waals surface area contributed by atoms with E-state index >= 15 is 0 Å². The number of hydrogen-bond acceptors (Lipinski definition) is 5. The summed E-state index contributed by atoms with van der Waals surface area (Å²) in [5, 5.41) is 9.85. The molecule has 32 heavy (non-hydrogen) atoms. The fourth-order valence-corrected chi connectivity index (χ4v) is 3.27. The Morgan fingerprint density at radius 1 is 1.19 bits per heavy atom. The van der Waals surface area contributed by atoms with E-state index in [9.17, 15) is 23.2 Å². The van der Waals surface area contributed by atoms with Crippen LogP contribution in [0.15, 0.2) is 36.5 Å². The molecule has 1 heterocycles. The molecule has 0 saturated heterocycles. The molecule has 0 bridgehead atoms. The van der Waals surface area contributed by atoms with E-state index in [1.165, 1.54) is 0 Å². The van der Waals surface area contributed by atoms with Crippen LogP contribution in [0, 0.1) is 25.2 Å². The lowest BCUT2D eigenvalue weighted by Gasteiger charge is -2.17. The van der Waals surface area contributed by atoms with E-state index in [-0.39, 0.29) is 28.4 Å². The molecule has 0 aliphatic heterocycles. The van der Waals surface area contributed by atoms with Crippen molar-refractivity contribution in [1.29, 1.82) is 5.26 Å². The summed E-state index contributed by atoms with van der Waals surface area (Å²) < 4.78 is 51.9. The minimum atomic E-state index is -4.66. The quantitative estimate of drug-likeness (QED) is 0.494. The van der Waals surface area contributed by atoms with Crippen molar-refractivity contribution < 1.29 is 27.4 Å². The number of halogens is 4. The number of hydrogen-bond donors (Lipinski definition) is 1. The SMILES string of the molecule is COC(=O)c1c(N)c(C#N)cn1-c1cc(C(F)(F)F)ccc1Oc1cc(C)c(Cl)c(C)c1. The number of nitrogen functional groups attached to an aromatic ring is 1. The zero-order valence-electron chi connectivity index (χ0n) is 17.2. The summed E-state index contributed by atoms with van der Waals surface area (Å²) in [6.45, 7) is 3.52. The fraction of sp³-hybridized carbons (Fsp3) is 0.182. The summed E-state index contributed by atoms with van der Waals surface area (Å²) in [4.78, 5) is 12.3. The zero-order chi connectivity index (χ0) is 23.8. The van der Waals surface area contributed by atoms with Crippen LogP contribution in [0.3, 0.4) is 0 Å². The van der Waals surface area contributed by atoms with Crippen LogP contribution in [0.5, 0.6) is 11.5 Å². The predicted molar refractivity (Wildman–Crippen MR) is 112 cm³/mol. The number of nitrogens with zero attached hydrogens (tertiary/aromatic N) is 2.